The van der Waals surface area contributed by atoms with Gasteiger partial charge in [-0.25, -0.2) is 0 Å². The molecule has 0 aromatic heterocycles. The summed E-state index contributed by atoms with van der Waals surface area (Å²) in [6.07, 6.45) is 2.01. The molecule has 182 valence electrons. The van der Waals surface area contributed by atoms with Gasteiger partial charge >= 0.3 is 0 Å². The second kappa shape index (κ2) is 13.1. The summed E-state index contributed by atoms with van der Waals surface area (Å²) in [5.41, 5.74) is 3.98. The van der Waals surface area contributed by atoms with E-state index in [1.165, 1.54) is 16.7 Å². The summed E-state index contributed by atoms with van der Waals surface area (Å²) in [6, 6.07) is 25.3. The van der Waals surface area contributed by atoms with Gasteiger partial charge < -0.3 is 18.7 Å². The molecule has 5 heteroatoms. The lowest BCUT2D eigenvalue weighted by Crippen LogP contribution is -2.28. The number of rotatable bonds is 9. The predicted molar refractivity (Wildman–Crippen MR) is 145 cm³/mol. The van der Waals surface area contributed by atoms with Crippen LogP contribution in [-0.4, -0.2) is 60.7 Å². The third kappa shape index (κ3) is 9.52. The van der Waals surface area contributed by atoms with Crippen LogP contribution in [-0.2, 0) is 12.6 Å². The molecule has 0 fully saturated rings. The summed E-state index contributed by atoms with van der Waals surface area (Å²) < 4.78 is 16.9. The zero-order chi connectivity index (χ0) is 25.1. The average Bonchev–Trinajstić information content (AvgIpc) is 2.83. The summed E-state index contributed by atoms with van der Waals surface area (Å²) in [5, 5.41) is 0. The maximum Gasteiger partial charge on any atom is 0.156 e. The van der Waals surface area contributed by atoms with Gasteiger partial charge in [0.15, 0.2) is 6.71 Å². The van der Waals surface area contributed by atoms with Gasteiger partial charge in [0, 0.05) is 0 Å². The lowest BCUT2D eigenvalue weighted by Gasteiger charge is -2.22. The summed E-state index contributed by atoms with van der Waals surface area (Å²) in [6.45, 7) is 2.78. The van der Waals surface area contributed by atoms with Gasteiger partial charge in [-0.3, -0.25) is 0 Å². The van der Waals surface area contributed by atoms with Crippen molar-refractivity contribution in [2.75, 3.05) is 49.5 Å². The molecule has 0 N–H and O–H groups in total. The van der Waals surface area contributed by atoms with E-state index in [-0.39, 0.29) is 0 Å². The van der Waals surface area contributed by atoms with Crippen LogP contribution in [0, 0.1) is 0 Å². The topological polar surface area (TPSA) is 27.7 Å². The van der Waals surface area contributed by atoms with Gasteiger partial charge in [0.1, 0.15) is 17.2 Å². The van der Waals surface area contributed by atoms with E-state index in [1.54, 1.807) is 21.3 Å². The predicted octanol–water partition coefficient (Wildman–Crippen LogP) is 5.74. The SMILES string of the molecule is COc1ccc(CB(Cc2ccc(OC)cc2)C(C)c2ccc(OC)cc2)cc1.C[N+](C)(C)C. The molecule has 0 bridgehead atoms. The third-order valence-electron chi connectivity index (χ3n) is 5.66. The number of hydrogen-bond acceptors (Lipinski definition) is 3. The zero-order valence-electron chi connectivity index (χ0n) is 22.2. The Balaban J connectivity index is 0.000000739. The quantitative estimate of drug-likeness (QED) is 0.300. The molecule has 0 spiro atoms. The van der Waals surface area contributed by atoms with Crippen molar-refractivity contribution in [3.63, 3.8) is 0 Å². The Labute approximate surface area is 207 Å². The molecular weight excluding hydrogens is 421 g/mol. The minimum atomic E-state index is 0.408. The molecule has 3 aromatic carbocycles. The van der Waals surface area contributed by atoms with Crippen molar-refractivity contribution < 1.29 is 18.7 Å². The summed E-state index contributed by atoms with van der Waals surface area (Å²) in [5.74, 6) is 3.08. The van der Waals surface area contributed by atoms with Crippen molar-refractivity contribution in [1.29, 1.82) is 0 Å². The van der Waals surface area contributed by atoms with Crippen LogP contribution in [0.25, 0.3) is 0 Å². The standard InChI is InChI=1S/C25H29BO3.C4H12N/c1-19(22-9-15-25(29-4)16-10-22)26(17-20-5-11-23(27-2)12-6-20)18-21-7-13-24(28-3)14-8-21;1-5(2,3)4/h5-16,19H,17-18H2,1-4H3;1-4H3/q;+1. The van der Waals surface area contributed by atoms with E-state index in [0.29, 0.717) is 12.5 Å². The maximum atomic E-state index is 5.32. The van der Waals surface area contributed by atoms with Crippen LogP contribution in [0.1, 0.15) is 29.4 Å². The molecule has 0 saturated carbocycles. The van der Waals surface area contributed by atoms with Crippen LogP contribution in [0.2, 0.25) is 0 Å². The van der Waals surface area contributed by atoms with E-state index in [4.69, 9.17) is 14.2 Å². The number of hydrogen-bond donors (Lipinski definition) is 0. The Bertz CT molecular complexity index is 909. The van der Waals surface area contributed by atoms with Crippen LogP contribution < -0.4 is 14.2 Å². The molecule has 0 radical (unpaired) electrons. The molecule has 0 saturated heterocycles. The second-order valence-electron chi connectivity index (χ2n) is 10.1. The number of ether oxygens (including phenoxy) is 3. The Kier molecular flexibility index (Phi) is 10.5. The molecule has 3 aromatic rings. The van der Waals surface area contributed by atoms with Crippen LogP contribution in [0.15, 0.2) is 72.8 Å². The molecule has 1 unspecified atom stereocenters. The molecule has 0 heterocycles. The van der Waals surface area contributed by atoms with Crippen molar-refractivity contribution in [3.8, 4) is 17.2 Å². The Morgan fingerprint density at radius 2 is 0.882 bits per heavy atom. The van der Waals surface area contributed by atoms with Gasteiger partial charge in [-0.05, 0) is 54.9 Å². The van der Waals surface area contributed by atoms with Crippen LogP contribution in [0.5, 0.6) is 17.2 Å². The smallest absolute Gasteiger partial charge is 0.156 e. The molecule has 0 amide bonds. The monoisotopic (exact) mass is 462 g/mol. The summed E-state index contributed by atoms with van der Waals surface area (Å²) in [7, 11) is 13.6. The minimum absolute atomic E-state index is 0.408. The van der Waals surface area contributed by atoms with E-state index < -0.39 is 0 Å². The molecule has 3 rings (SSSR count). The first kappa shape index (κ1) is 27.3. The lowest BCUT2D eigenvalue weighted by atomic mass is 9.35. The van der Waals surface area contributed by atoms with Gasteiger partial charge in [0.2, 0.25) is 0 Å². The lowest BCUT2D eigenvalue weighted by molar-refractivity contribution is -0.849. The van der Waals surface area contributed by atoms with Crippen molar-refractivity contribution in [2.45, 2.75) is 25.4 Å². The number of benzene rings is 3. The van der Waals surface area contributed by atoms with Crippen molar-refractivity contribution in [1.82, 2.24) is 0 Å². The molecule has 0 aliphatic carbocycles. The molecule has 34 heavy (non-hydrogen) atoms. The third-order valence-corrected chi connectivity index (χ3v) is 5.66. The first-order chi connectivity index (χ1) is 16.1. The molecule has 4 nitrogen and oxygen atoms in total. The van der Waals surface area contributed by atoms with Gasteiger partial charge in [0.25, 0.3) is 0 Å². The normalized spacial score (nSPS) is 11.6. The fourth-order valence-corrected chi connectivity index (χ4v) is 3.73. The average molecular weight is 462 g/mol. The Morgan fingerprint density at radius 1 is 0.588 bits per heavy atom. The molecule has 1 atom stereocenters. The molecule has 0 aliphatic heterocycles. The highest BCUT2D eigenvalue weighted by Crippen LogP contribution is 2.26. The zero-order valence-corrected chi connectivity index (χ0v) is 22.2. The van der Waals surface area contributed by atoms with Crippen molar-refractivity contribution in [3.05, 3.63) is 89.5 Å². The highest BCUT2D eigenvalue weighted by atomic mass is 16.5. The van der Waals surface area contributed by atoms with E-state index in [1.807, 2.05) is 36.4 Å². The first-order valence-corrected chi connectivity index (χ1v) is 11.8. The number of quaternary nitrogens is 1. The highest BCUT2D eigenvalue weighted by molar-refractivity contribution is 6.59. The molecule has 0 aliphatic rings. The Morgan fingerprint density at radius 3 is 1.18 bits per heavy atom. The van der Waals surface area contributed by atoms with Crippen molar-refractivity contribution >= 4 is 6.71 Å². The van der Waals surface area contributed by atoms with E-state index in [9.17, 15) is 0 Å². The highest BCUT2D eigenvalue weighted by Gasteiger charge is 2.24. The fraction of sp³-hybridized carbons (Fsp3) is 0.379. The van der Waals surface area contributed by atoms with E-state index in [0.717, 1.165) is 34.4 Å². The van der Waals surface area contributed by atoms with Crippen LogP contribution in [0.3, 0.4) is 0 Å². The van der Waals surface area contributed by atoms with Crippen molar-refractivity contribution in [2.24, 2.45) is 0 Å². The fourth-order valence-electron chi connectivity index (χ4n) is 3.73. The molecular formula is C29H41BNO3+. The van der Waals surface area contributed by atoms with Crippen LogP contribution >= 0.6 is 0 Å². The summed E-state index contributed by atoms with van der Waals surface area (Å²) >= 11 is 0. The number of methoxy groups -OCH3 is 3. The van der Waals surface area contributed by atoms with Gasteiger partial charge in [-0.1, -0.05) is 60.0 Å². The van der Waals surface area contributed by atoms with E-state index >= 15 is 0 Å². The maximum absolute atomic E-state index is 5.32. The minimum Gasteiger partial charge on any atom is -0.497 e. The largest absolute Gasteiger partial charge is 0.497 e. The van der Waals surface area contributed by atoms with E-state index in [2.05, 4.69) is 71.5 Å². The van der Waals surface area contributed by atoms with Gasteiger partial charge in [-0.2, -0.15) is 0 Å². The van der Waals surface area contributed by atoms with Gasteiger partial charge in [-0.15, -0.1) is 0 Å². The van der Waals surface area contributed by atoms with Crippen LogP contribution in [0.4, 0.5) is 0 Å². The van der Waals surface area contributed by atoms with Gasteiger partial charge in [0.05, 0.1) is 49.5 Å². The first-order valence-electron chi connectivity index (χ1n) is 11.8. The second-order valence-corrected chi connectivity index (χ2v) is 10.1. The number of nitrogens with zero attached hydrogens (tertiary/aromatic N) is 1. The Hall–Kier alpha value is -2.92. The summed E-state index contributed by atoms with van der Waals surface area (Å²) in [4.78, 5) is 0.